The molecule has 0 aromatic heterocycles. The first kappa shape index (κ1) is 14.5. The Kier molecular flexibility index (Phi) is 4.73. The second kappa shape index (κ2) is 5.87. The summed E-state index contributed by atoms with van der Waals surface area (Å²) in [6.45, 7) is 6.10. The van der Waals surface area contributed by atoms with Gasteiger partial charge in [-0.1, -0.05) is 6.07 Å². The van der Waals surface area contributed by atoms with Gasteiger partial charge in [-0.25, -0.2) is 4.79 Å². The van der Waals surface area contributed by atoms with Gasteiger partial charge in [0.2, 0.25) is 0 Å². The van der Waals surface area contributed by atoms with Gasteiger partial charge in [0.25, 0.3) is 0 Å². The largest absolute Gasteiger partial charge is 0.478 e. The molecule has 0 aliphatic carbocycles. The van der Waals surface area contributed by atoms with E-state index in [1.807, 2.05) is 26.8 Å². The number of methoxy groups -OCH3 is 1. The van der Waals surface area contributed by atoms with Gasteiger partial charge in [-0.05, 0) is 45.4 Å². The fraction of sp³-hybridized carbons (Fsp3) is 0.500. The molecule has 1 rings (SSSR count). The van der Waals surface area contributed by atoms with Crippen LogP contribution in [0.5, 0.6) is 0 Å². The van der Waals surface area contributed by atoms with Crippen LogP contribution in [0.2, 0.25) is 0 Å². The van der Waals surface area contributed by atoms with E-state index in [1.54, 1.807) is 25.3 Å². The summed E-state index contributed by atoms with van der Waals surface area (Å²) < 4.78 is 5.37. The normalized spacial score (nSPS) is 13.1. The summed E-state index contributed by atoms with van der Waals surface area (Å²) in [5, 5.41) is 12.2. The number of carboxylic acid groups (broad SMARTS) is 1. The molecule has 1 aromatic carbocycles. The molecule has 0 saturated heterocycles. The van der Waals surface area contributed by atoms with Crippen LogP contribution in [0.25, 0.3) is 0 Å². The van der Waals surface area contributed by atoms with Gasteiger partial charge in [0, 0.05) is 18.8 Å². The Morgan fingerprint density at radius 3 is 2.72 bits per heavy atom. The van der Waals surface area contributed by atoms with Gasteiger partial charge in [0.15, 0.2) is 0 Å². The van der Waals surface area contributed by atoms with Crippen molar-refractivity contribution in [1.82, 2.24) is 0 Å². The quantitative estimate of drug-likeness (QED) is 0.816. The SMILES string of the molecule is COC(C)(C)CC(C)Nc1cccc(C(=O)O)c1. The highest BCUT2D eigenvalue weighted by Crippen LogP contribution is 2.19. The molecule has 0 saturated carbocycles. The monoisotopic (exact) mass is 251 g/mol. The second-order valence-corrected chi connectivity index (χ2v) is 5.10. The molecule has 100 valence electrons. The lowest BCUT2D eigenvalue weighted by atomic mass is 9.99. The Labute approximate surface area is 108 Å². The van der Waals surface area contributed by atoms with Crippen molar-refractivity contribution >= 4 is 11.7 Å². The van der Waals surface area contributed by atoms with E-state index in [9.17, 15) is 4.79 Å². The van der Waals surface area contributed by atoms with E-state index in [0.29, 0.717) is 5.56 Å². The molecular formula is C14H21NO3. The van der Waals surface area contributed by atoms with Crippen LogP contribution < -0.4 is 5.32 Å². The zero-order valence-corrected chi connectivity index (χ0v) is 11.4. The van der Waals surface area contributed by atoms with Crippen LogP contribution in [0, 0.1) is 0 Å². The Morgan fingerprint density at radius 2 is 2.17 bits per heavy atom. The molecule has 0 aliphatic heterocycles. The lowest BCUT2D eigenvalue weighted by Gasteiger charge is -2.27. The smallest absolute Gasteiger partial charge is 0.335 e. The zero-order chi connectivity index (χ0) is 13.8. The Bertz CT molecular complexity index is 415. The molecule has 0 bridgehead atoms. The number of benzene rings is 1. The van der Waals surface area contributed by atoms with Crippen molar-refractivity contribution in [1.29, 1.82) is 0 Å². The lowest BCUT2D eigenvalue weighted by molar-refractivity contribution is 0.0128. The highest BCUT2D eigenvalue weighted by molar-refractivity contribution is 5.88. The summed E-state index contributed by atoms with van der Waals surface area (Å²) in [5.41, 5.74) is 0.907. The first-order valence-corrected chi connectivity index (χ1v) is 5.99. The maximum absolute atomic E-state index is 10.9. The van der Waals surface area contributed by atoms with Crippen molar-refractivity contribution < 1.29 is 14.6 Å². The predicted octanol–water partition coefficient (Wildman–Crippen LogP) is 3.00. The van der Waals surface area contributed by atoms with E-state index >= 15 is 0 Å². The van der Waals surface area contributed by atoms with Gasteiger partial charge in [-0.15, -0.1) is 0 Å². The van der Waals surface area contributed by atoms with Crippen LogP contribution in [-0.4, -0.2) is 29.8 Å². The van der Waals surface area contributed by atoms with Crippen LogP contribution in [-0.2, 0) is 4.74 Å². The van der Waals surface area contributed by atoms with E-state index in [2.05, 4.69) is 5.32 Å². The molecular weight excluding hydrogens is 230 g/mol. The fourth-order valence-electron chi connectivity index (χ4n) is 1.90. The maximum atomic E-state index is 10.9. The minimum Gasteiger partial charge on any atom is -0.478 e. The third-order valence-corrected chi connectivity index (χ3v) is 2.87. The molecule has 1 unspecified atom stereocenters. The van der Waals surface area contributed by atoms with E-state index in [-0.39, 0.29) is 11.6 Å². The molecule has 0 fully saturated rings. The van der Waals surface area contributed by atoms with Crippen molar-refractivity contribution in [3.63, 3.8) is 0 Å². The van der Waals surface area contributed by atoms with Gasteiger partial charge in [0.1, 0.15) is 0 Å². The molecule has 0 radical (unpaired) electrons. The number of hydrogen-bond acceptors (Lipinski definition) is 3. The number of aromatic carboxylic acids is 1. The highest BCUT2D eigenvalue weighted by atomic mass is 16.5. The average molecular weight is 251 g/mol. The summed E-state index contributed by atoms with van der Waals surface area (Å²) in [5.74, 6) is -0.913. The summed E-state index contributed by atoms with van der Waals surface area (Å²) in [6.07, 6.45) is 0.834. The Balaban J connectivity index is 2.67. The third kappa shape index (κ3) is 4.37. The minimum atomic E-state index is -0.913. The van der Waals surface area contributed by atoms with Crippen molar-refractivity contribution in [2.24, 2.45) is 0 Å². The van der Waals surface area contributed by atoms with Crippen LogP contribution in [0.1, 0.15) is 37.6 Å². The highest BCUT2D eigenvalue weighted by Gasteiger charge is 2.20. The number of nitrogens with one attached hydrogen (secondary N) is 1. The van der Waals surface area contributed by atoms with Gasteiger partial charge < -0.3 is 15.2 Å². The number of ether oxygens (including phenoxy) is 1. The topological polar surface area (TPSA) is 58.6 Å². The number of carbonyl (C=O) groups is 1. The van der Waals surface area contributed by atoms with E-state index in [4.69, 9.17) is 9.84 Å². The minimum absolute atomic E-state index is 0.198. The van der Waals surface area contributed by atoms with E-state index in [0.717, 1.165) is 12.1 Å². The van der Waals surface area contributed by atoms with Crippen molar-refractivity contribution in [2.45, 2.75) is 38.8 Å². The van der Waals surface area contributed by atoms with Crippen LogP contribution in [0.15, 0.2) is 24.3 Å². The number of carboxylic acids is 1. The Morgan fingerprint density at radius 1 is 1.50 bits per heavy atom. The van der Waals surface area contributed by atoms with Crippen LogP contribution >= 0.6 is 0 Å². The first-order chi connectivity index (χ1) is 8.34. The van der Waals surface area contributed by atoms with Crippen molar-refractivity contribution in [2.75, 3.05) is 12.4 Å². The standard InChI is InChI=1S/C14H21NO3/c1-10(9-14(2,3)18-4)15-12-7-5-6-11(8-12)13(16)17/h5-8,10,15H,9H2,1-4H3,(H,16,17). The molecule has 1 atom stereocenters. The molecule has 1 aromatic rings. The van der Waals surface area contributed by atoms with Crippen molar-refractivity contribution in [3.05, 3.63) is 29.8 Å². The van der Waals surface area contributed by atoms with Gasteiger partial charge in [0.05, 0.1) is 11.2 Å². The number of rotatable bonds is 6. The molecule has 18 heavy (non-hydrogen) atoms. The van der Waals surface area contributed by atoms with Gasteiger partial charge in [-0.2, -0.15) is 0 Å². The Hall–Kier alpha value is -1.55. The first-order valence-electron chi connectivity index (χ1n) is 5.99. The second-order valence-electron chi connectivity index (χ2n) is 5.10. The molecule has 0 spiro atoms. The summed E-state index contributed by atoms with van der Waals surface area (Å²) in [7, 11) is 1.69. The average Bonchev–Trinajstić information content (AvgIpc) is 2.28. The predicted molar refractivity (Wildman–Crippen MR) is 72.2 cm³/mol. The third-order valence-electron chi connectivity index (χ3n) is 2.87. The van der Waals surface area contributed by atoms with E-state index < -0.39 is 5.97 Å². The van der Waals surface area contributed by atoms with E-state index in [1.165, 1.54) is 0 Å². The molecule has 0 heterocycles. The van der Waals surface area contributed by atoms with Gasteiger partial charge >= 0.3 is 5.97 Å². The number of anilines is 1. The molecule has 4 heteroatoms. The maximum Gasteiger partial charge on any atom is 0.335 e. The summed E-state index contributed by atoms with van der Waals surface area (Å²) in [4.78, 5) is 10.9. The lowest BCUT2D eigenvalue weighted by Crippen LogP contribution is -2.31. The summed E-state index contributed by atoms with van der Waals surface area (Å²) >= 11 is 0. The zero-order valence-electron chi connectivity index (χ0n) is 11.4. The molecule has 4 nitrogen and oxygen atoms in total. The summed E-state index contributed by atoms with van der Waals surface area (Å²) in [6, 6.07) is 7.02. The fourth-order valence-corrected chi connectivity index (χ4v) is 1.90. The molecule has 0 aliphatic rings. The van der Waals surface area contributed by atoms with Crippen molar-refractivity contribution in [3.8, 4) is 0 Å². The molecule has 0 amide bonds. The van der Waals surface area contributed by atoms with Gasteiger partial charge in [-0.3, -0.25) is 0 Å². The number of hydrogen-bond donors (Lipinski definition) is 2. The van der Waals surface area contributed by atoms with Crippen LogP contribution in [0.3, 0.4) is 0 Å². The molecule has 2 N–H and O–H groups in total. The van der Waals surface area contributed by atoms with Crippen LogP contribution in [0.4, 0.5) is 5.69 Å².